The van der Waals surface area contributed by atoms with E-state index < -0.39 is 10.0 Å². The lowest BCUT2D eigenvalue weighted by Gasteiger charge is -2.32. The van der Waals surface area contributed by atoms with E-state index in [-0.39, 0.29) is 30.6 Å². The zero-order valence-corrected chi connectivity index (χ0v) is 15.8. The second kappa shape index (κ2) is 7.05. The fourth-order valence-corrected chi connectivity index (χ4v) is 5.04. The van der Waals surface area contributed by atoms with E-state index in [1.54, 1.807) is 18.2 Å². The maximum absolute atomic E-state index is 12.9. The largest absolute Gasteiger partial charge is 0.371 e. The highest BCUT2D eigenvalue weighted by atomic mass is 32.2. The highest BCUT2D eigenvalue weighted by molar-refractivity contribution is 7.89. The van der Waals surface area contributed by atoms with Gasteiger partial charge in [-0.1, -0.05) is 26.0 Å². The molecule has 0 spiro atoms. The van der Waals surface area contributed by atoms with Gasteiger partial charge >= 0.3 is 0 Å². The Balaban J connectivity index is 1.73. The molecule has 1 N–H and O–H groups in total. The molecule has 2 heterocycles. The van der Waals surface area contributed by atoms with Crippen molar-refractivity contribution in [1.82, 2.24) is 9.62 Å². The normalized spacial score (nSPS) is 26.8. The lowest BCUT2D eigenvalue weighted by molar-refractivity contribution is -0.127. The highest BCUT2D eigenvalue weighted by Crippen LogP contribution is 2.34. The molecule has 3 atom stereocenters. The van der Waals surface area contributed by atoms with Crippen molar-refractivity contribution in [3.05, 3.63) is 29.8 Å². The van der Waals surface area contributed by atoms with E-state index >= 15 is 0 Å². The molecule has 6 nitrogen and oxygen atoms in total. The maximum Gasteiger partial charge on any atom is 0.243 e. The van der Waals surface area contributed by atoms with Crippen molar-refractivity contribution in [3.63, 3.8) is 0 Å². The zero-order chi connectivity index (χ0) is 18.2. The quantitative estimate of drug-likeness (QED) is 0.858. The van der Waals surface area contributed by atoms with Crippen LogP contribution < -0.4 is 5.32 Å². The summed E-state index contributed by atoms with van der Waals surface area (Å²) in [7, 11) is -3.56. The van der Waals surface area contributed by atoms with Crippen molar-refractivity contribution >= 4 is 15.9 Å². The third-order valence-corrected chi connectivity index (χ3v) is 6.60. The fourth-order valence-electron chi connectivity index (χ4n) is 3.46. The van der Waals surface area contributed by atoms with Crippen molar-refractivity contribution in [2.45, 2.75) is 44.3 Å². The minimum Gasteiger partial charge on any atom is -0.371 e. The van der Waals surface area contributed by atoms with Crippen LogP contribution in [0.3, 0.4) is 0 Å². The summed E-state index contributed by atoms with van der Waals surface area (Å²) in [4.78, 5) is 12.7. The number of nitrogens with one attached hydrogen (secondary N) is 1. The van der Waals surface area contributed by atoms with Gasteiger partial charge in [-0.25, -0.2) is 8.42 Å². The molecule has 0 aliphatic carbocycles. The third-order valence-electron chi connectivity index (χ3n) is 4.77. The third kappa shape index (κ3) is 3.88. The van der Waals surface area contributed by atoms with Crippen molar-refractivity contribution in [3.8, 4) is 0 Å². The maximum atomic E-state index is 12.9. The lowest BCUT2D eigenvalue weighted by atomic mass is 9.99. The summed E-state index contributed by atoms with van der Waals surface area (Å²) in [5, 5.41) is 2.94. The number of ether oxygens (including phenoxy) is 1. The Morgan fingerprint density at radius 3 is 2.80 bits per heavy atom. The molecule has 2 saturated heterocycles. The first-order chi connectivity index (χ1) is 11.8. The molecule has 2 bridgehead atoms. The fraction of sp³-hybridized carbons (Fsp3) is 0.611. The topological polar surface area (TPSA) is 75.7 Å². The van der Waals surface area contributed by atoms with Crippen LogP contribution in [-0.2, 0) is 19.6 Å². The Hall–Kier alpha value is -1.44. The number of fused-ring (bicyclic) bond motifs is 2. The average Bonchev–Trinajstić information content (AvgIpc) is 2.86. The number of nitrogens with zero attached hydrogens (tertiary/aromatic N) is 1. The smallest absolute Gasteiger partial charge is 0.243 e. The van der Waals surface area contributed by atoms with Gasteiger partial charge in [-0.15, -0.1) is 0 Å². The predicted molar refractivity (Wildman–Crippen MR) is 94.6 cm³/mol. The number of sulfonamides is 1. The SMILES string of the molecule is Cc1cccc(S(=O)(=O)N2C[C@@H]3C[C@H](C(=O)NCC(C)C)[C@H](C2)O3)c1. The first-order valence-corrected chi connectivity index (χ1v) is 10.2. The molecule has 0 aromatic heterocycles. The number of morpholine rings is 1. The van der Waals surface area contributed by atoms with Crippen LogP contribution in [0, 0.1) is 18.8 Å². The van der Waals surface area contributed by atoms with Gasteiger partial charge in [0.1, 0.15) is 0 Å². The molecule has 2 aliphatic rings. The summed E-state index contributed by atoms with van der Waals surface area (Å²) in [5.74, 6) is 0.0707. The molecule has 1 amide bonds. The molecular weight excluding hydrogens is 340 g/mol. The lowest BCUT2D eigenvalue weighted by Crippen LogP contribution is -2.48. The van der Waals surface area contributed by atoms with E-state index in [1.165, 1.54) is 4.31 Å². The average molecular weight is 366 g/mol. The van der Waals surface area contributed by atoms with Crippen LogP contribution in [0.15, 0.2) is 29.2 Å². The number of benzene rings is 1. The van der Waals surface area contributed by atoms with Crippen molar-refractivity contribution in [2.75, 3.05) is 19.6 Å². The van der Waals surface area contributed by atoms with Crippen LogP contribution in [0.25, 0.3) is 0 Å². The Morgan fingerprint density at radius 1 is 1.36 bits per heavy atom. The second-order valence-electron chi connectivity index (χ2n) is 7.42. The van der Waals surface area contributed by atoms with Gasteiger partial charge in [0.15, 0.2) is 0 Å². The minimum atomic E-state index is -3.56. The van der Waals surface area contributed by atoms with E-state index in [2.05, 4.69) is 5.32 Å². The van der Waals surface area contributed by atoms with Gasteiger partial charge in [-0.3, -0.25) is 4.79 Å². The van der Waals surface area contributed by atoms with Gasteiger partial charge in [0.25, 0.3) is 0 Å². The summed E-state index contributed by atoms with van der Waals surface area (Å²) in [6, 6.07) is 6.92. The molecule has 0 unspecified atom stereocenters. The molecule has 0 radical (unpaired) electrons. The Bertz CT molecular complexity index is 747. The van der Waals surface area contributed by atoms with Crippen LogP contribution >= 0.6 is 0 Å². The van der Waals surface area contributed by atoms with Crippen LogP contribution in [0.5, 0.6) is 0 Å². The molecule has 138 valence electrons. The van der Waals surface area contributed by atoms with Crippen LogP contribution in [0.4, 0.5) is 0 Å². The molecular formula is C18H26N2O4S. The van der Waals surface area contributed by atoms with Gasteiger partial charge in [-0.2, -0.15) is 4.31 Å². The van der Waals surface area contributed by atoms with E-state index in [0.717, 1.165) is 5.56 Å². The first kappa shape index (κ1) is 18.4. The first-order valence-electron chi connectivity index (χ1n) is 8.77. The molecule has 2 fully saturated rings. The summed E-state index contributed by atoms with van der Waals surface area (Å²) in [6.45, 7) is 7.11. The molecule has 1 aromatic carbocycles. The van der Waals surface area contributed by atoms with E-state index in [4.69, 9.17) is 4.74 Å². The summed E-state index contributed by atoms with van der Waals surface area (Å²) in [5.41, 5.74) is 0.906. The molecule has 7 heteroatoms. The number of carbonyl (C=O) groups excluding carboxylic acids is 1. The number of rotatable bonds is 5. The molecule has 2 aliphatic heterocycles. The zero-order valence-electron chi connectivity index (χ0n) is 14.9. The Morgan fingerprint density at radius 2 is 2.12 bits per heavy atom. The van der Waals surface area contributed by atoms with Crippen molar-refractivity contribution < 1.29 is 17.9 Å². The predicted octanol–water partition coefficient (Wildman–Crippen LogP) is 1.55. The Kier molecular flexibility index (Phi) is 5.18. The minimum absolute atomic E-state index is 0.0315. The Labute approximate surface area is 149 Å². The van der Waals surface area contributed by atoms with Crippen molar-refractivity contribution in [2.24, 2.45) is 11.8 Å². The van der Waals surface area contributed by atoms with E-state index in [0.29, 0.717) is 30.3 Å². The number of hydrogen-bond donors (Lipinski definition) is 1. The van der Waals surface area contributed by atoms with E-state index in [1.807, 2.05) is 26.8 Å². The molecule has 3 rings (SSSR count). The van der Waals surface area contributed by atoms with Gasteiger partial charge in [0.05, 0.1) is 23.0 Å². The number of aryl methyl sites for hydroxylation is 1. The van der Waals surface area contributed by atoms with Crippen LogP contribution in [0.2, 0.25) is 0 Å². The number of amides is 1. The molecule has 0 saturated carbocycles. The van der Waals surface area contributed by atoms with Gasteiger partial charge in [0, 0.05) is 19.6 Å². The number of carbonyl (C=O) groups is 1. The number of hydrogen-bond acceptors (Lipinski definition) is 4. The molecule has 25 heavy (non-hydrogen) atoms. The van der Waals surface area contributed by atoms with Crippen molar-refractivity contribution in [1.29, 1.82) is 0 Å². The second-order valence-corrected chi connectivity index (χ2v) is 9.35. The summed E-state index contributed by atoms with van der Waals surface area (Å²) < 4.78 is 33.2. The van der Waals surface area contributed by atoms with Gasteiger partial charge < -0.3 is 10.1 Å². The monoisotopic (exact) mass is 366 g/mol. The summed E-state index contributed by atoms with van der Waals surface area (Å²) >= 11 is 0. The highest BCUT2D eigenvalue weighted by Gasteiger charge is 2.47. The van der Waals surface area contributed by atoms with Gasteiger partial charge in [-0.05, 0) is 37.0 Å². The standard InChI is InChI=1S/C18H26N2O4S/c1-12(2)9-19-18(21)16-8-14-10-20(11-17(16)24-14)25(22,23)15-6-4-5-13(3)7-15/h4-7,12,14,16-17H,8-11H2,1-3H3,(H,19,21)/t14-,16-,17-/m0/s1. The summed E-state index contributed by atoms with van der Waals surface area (Å²) in [6.07, 6.45) is -0.00679. The molecule has 1 aromatic rings. The van der Waals surface area contributed by atoms with Crippen LogP contribution in [-0.4, -0.2) is 50.5 Å². The van der Waals surface area contributed by atoms with Crippen LogP contribution in [0.1, 0.15) is 25.8 Å². The van der Waals surface area contributed by atoms with E-state index in [9.17, 15) is 13.2 Å². The van der Waals surface area contributed by atoms with Gasteiger partial charge in [0.2, 0.25) is 15.9 Å².